The molecule has 0 unspecified atom stereocenters. The number of nitrogens with two attached hydrogens (primary N) is 1. The van der Waals surface area contributed by atoms with Gasteiger partial charge in [-0.3, -0.25) is 14.4 Å². The number of benzene rings is 1. The van der Waals surface area contributed by atoms with Crippen LogP contribution in [0, 0.1) is 11.3 Å². The summed E-state index contributed by atoms with van der Waals surface area (Å²) < 4.78 is 5.88. The molecule has 0 bridgehead atoms. The van der Waals surface area contributed by atoms with Crippen LogP contribution < -0.4 is 10.6 Å². The van der Waals surface area contributed by atoms with Crippen LogP contribution in [-0.4, -0.2) is 85.4 Å². The number of hydrogen-bond donors (Lipinski definition) is 1. The first kappa shape index (κ1) is 27.6. The van der Waals surface area contributed by atoms with Crippen LogP contribution in [0.1, 0.15) is 75.7 Å². The number of carbonyl (C=O) groups is 3. The van der Waals surface area contributed by atoms with Gasteiger partial charge in [-0.1, -0.05) is 41.0 Å². The van der Waals surface area contributed by atoms with Crippen LogP contribution in [0.15, 0.2) is 18.2 Å². The first-order valence-corrected chi connectivity index (χ1v) is 14.0. The lowest BCUT2D eigenvalue weighted by atomic mass is 9.71. The van der Waals surface area contributed by atoms with Crippen molar-refractivity contribution in [1.29, 1.82) is 0 Å². The number of likely N-dealkylation sites (tertiary alicyclic amines) is 1. The molecule has 2 N–H and O–H groups in total. The average molecular weight is 513 g/mol. The molecule has 8 heteroatoms. The SMILES string of the molecule is CCC[C@H]1CN(C(=O)[C@H](c2cc(N3CCN(CC)CC3)ccc2C(N)=O)C(C)(C)CC)[C@@H]2C(=O)CO[C@H]12. The van der Waals surface area contributed by atoms with Crippen molar-refractivity contribution in [3.63, 3.8) is 0 Å². The zero-order chi connectivity index (χ0) is 26.9. The van der Waals surface area contributed by atoms with Crippen LogP contribution >= 0.6 is 0 Å². The maximum atomic E-state index is 14.5. The molecule has 1 aromatic carbocycles. The number of nitrogens with zero attached hydrogens (tertiary/aromatic N) is 3. The highest BCUT2D eigenvalue weighted by atomic mass is 16.5. The van der Waals surface area contributed by atoms with Gasteiger partial charge >= 0.3 is 0 Å². The van der Waals surface area contributed by atoms with E-state index in [2.05, 4.69) is 44.4 Å². The van der Waals surface area contributed by atoms with Gasteiger partial charge in [-0.25, -0.2) is 0 Å². The second-order valence-electron chi connectivity index (χ2n) is 11.6. The van der Waals surface area contributed by atoms with Gasteiger partial charge in [-0.05, 0) is 48.6 Å². The standard InChI is InChI=1S/C29H44N4O4/c1-6-9-19-17-33(25-23(34)18-37-26(19)25)28(36)24(29(4,5)7-2)22-16-20(10-11-21(22)27(30)35)32-14-12-31(8-3)13-15-32/h10-11,16,19,24-26H,6-9,12-15,17-18H2,1-5H3,(H2,30,35)/t19-,24-,25+,26+/m0/s1. The van der Waals surface area contributed by atoms with Crippen molar-refractivity contribution in [1.82, 2.24) is 9.80 Å². The Hall–Kier alpha value is -2.45. The van der Waals surface area contributed by atoms with Crippen LogP contribution in [0.2, 0.25) is 0 Å². The van der Waals surface area contributed by atoms with Crippen LogP contribution in [0.4, 0.5) is 5.69 Å². The highest BCUT2D eigenvalue weighted by Crippen LogP contribution is 2.45. The summed E-state index contributed by atoms with van der Waals surface area (Å²) >= 11 is 0. The summed E-state index contributed by atoms with van der Waals surface area (Å²) in [6, 6.07) is 5.19. The molecule has 0 aliphatic carbocycles. The van der Waals surface area contributed by atoms with Crippen molar-refractivity contribution in [3.8, 4) is 0 Å². The fraction of sp³-hybridized carbons (Fsp3) is 0.690. The lowest BCUT2D eigenvalue weighted by Gasteiger charge is -2.39. The van der Waals surface area contributed by atoms with E-state index >= 15 is 0 Å². The molecule has 1 aromatic rings. The zero-order valence-electron chi connectivity index (χ0n) is 23.2. The van der Waals surface area contributed by atoms with E-state index in [0.717, 1.165) is 57.7 Å². The lowest BCUT2D eigenvalue weighted by Crippen LogP contribution is -2.47. The zero-order valence-corrected chi connectivity index (χ0v) is 23.2. The van der Waals surface area contributed by atoms with Gasteiger partial charge in [0, 0.05) is 49.9 Å². The van der Waals surface area contributed by atoms with Crippen LogP contribution in [0.5, 0.6) is 0 Å². The Labute approximate surface area is 221 Å². The summed E-state index contributed by atoms with van der Waals surface area (Å²) in [5.41, 5.74) is 7.46. The number of ketones is 1. The first-order chi connectivity index (χ1) is 17.6. The molecule has 8 nitrogen and oxygen atoms in total. The molecule has 0 radical (unpaired) electrons. The number of piperazine rings is 1. The predicted octanol–water partition coefficient (Wildman–Crippen LogP) is 3.04. The van der Waals surface area contributed by atoms with Crippen molar-refractivity contribution in [2.75, 3.05) is 50.8 Å². The summed E-state index contributed by atoms with van der Waals surface area (Å²) in [6.07, 6.45) is 2.37. The van der Waals surface area contributed by atoms with E-state index in [-0.39, 0.29) is 30.3 Å². The van der Waals surface area contributed by atoms with E-state index in [9.17, 15) is 14.4 Å². The van der Waals surface area contributed by atoms with E-state index < -0.39 is 23.3 Å². The maximum Gasteiger partial charge on any atom is 0.249 e. The molecule has 3 saturated heterocycles. The minimum atomic E-state index is -0.605. The number of fused-ring (bicyclic) bond motifs is 1. The van der Waals surface area contributed by atoms with Gasteiger partial charge in [-0.2, -0.15) is 0 Å². The molecule has 3 heterocycles. The molecule has 0 spiro atoms. The van der Waals surface area contributed by atoms with Crippen molar-refractivity contribution in [2.24, 2.45) is 17.1 Å². The molecule has 2 amide bonds. The quantitative estimate of drug-likeness (QED) is 0.546. The fourth-order valence-corrected chi connectivity index (χ4v) is 6.40. The molecular weight excluding hydrogens is 468 g/mol. The molecule has 4 rings (SSSR count). The third-order valence-electron chi connectivity index (χ3n) is 8.97. The van der Waals surface area contributed by atoms with E-state index in [1.165, 1.54) is 0 Å². The minimum Gasteiger partial charge on any atom is -0.369 e. The number of ether oxygens (including phenoxy) is 1. The number of anilines is 1. The van der Waals surface area contributed by atoms with Gasteiger partial charge in [0.2, 0.25) is 11.8 Å². The van der Waals surface area contributed by atoms with Gasteiger partial charge in [0.05, 0.1) is 12.0 Å². The molecule has 37 heavy (non-hydrogen) atoms. The Morgan fingerprint density at radius 3 is 2.43 bits per heavy atom. The van der Waals surface area contributed by atoms with Gasteiger partial charge in [0.1, 0.15) is 12.6 Å². The normalized spacial score (nSPS) is 25.4. The van der Waals surface area contributed by atoms with Gasteiger partial charge in [-0.15, -0.1) is 0 Å². The molecular formula is C29H44N4O4. The van der Waals surface area contributed by atoms with Crippen molar-refractivity contribution >= 4 is 23.3 Å². The summed E-state index contributed by atoms with van der Waals surface area (Å²) in [4.78, 5) is 46.5. The minimum absolute atomic E-state index is 0.0253. The molecule has 0 aromatic heterocycles. The number of Topliss-reactive ketones (excluding diaryl/α,β-unsaturated/α-hetero) is 1. The fourth-order valence-electron chi connectivity index (χ4n) is 6.40. The number of hydrogen-bond acceptors (Lipinski definition) is 6. The Bertz CT molecular complexity index is 1020. The highest BCUT2D eigenvalue weighted by Gasteiger charge is 2.54. The number of amides is 2. The molecule has 3 aliphatic rings. The molecule has 0 saturated carbocycles. The van der Waals surface area contributed by atoms with Gasteiger partial charge in [0.15, 0.2) is 5.78 Å². The number of primary amides is 1. The number of likely N-dealkylation sites (N-methyl/N-ethyl adjacent to an activating group) is 1. The Morgan fingerprint density at radius 2 is 1.84 bits per heavy atom. The second-order valence-corrected chi connectivity index (χ2v) is 11.6. The summed E-state index contributed by atoms with van der Waals surface area (Å²) in [7, 11) is 0. The van der Waals surface area contributed by atoms with Gasteiger partial charge in [0.25, 0.3) is 0 Å². The van der Waals surface area contributed by atoms with Gasteiger partial charge < -0.3 is 25.2 Å². The van der Waals surface area contributed by atoms with Crippen molar-refractivity contribution in [2.45, 2.75) is 71.9 Å². The average Bonchev–Trinajstić information content (AvgIpc) is 3.44. The Morgan fingerprint density at radius 1 is 1.14 bits per heavy atom. The molecule has 3 aliphatic heterocycles. The Kier molecular flexibility index (Phi) is 8.29. The summed E-state index contributed by atoms with van der Waals surface area (Å²) in [5, 5.41) is 0. The molecule has 204 valence electrons. The summed E-state index contributed by atoms with van der Waals surface area (Å²) in [6.45, 7) is 15.8. The van der Waals surface area contributed by atoms with Crippen LogP contribution in [0.3, 0.4) is 0 Å². The number of carbonyl (C=O) groups excluding carboxylic acids is 3. The summed E-state index contributed by atoms with van der Waals surface area (Å²) in [5.74, 6) is -1.12. The third-order valence-corrected chi connectivity index (χ3v) is 8.97. The third kappa shape index (κ3) is 5.28. The first-order valence-electron chi connectivity index (χ1n) is 14.0. The van der Waals surface area contributed by atoms with E-state index in [4.69, 9.17) is 10.5 Å². The van der Waals surface area contributed by atoms with E-state index in [1.807, 2.05) is 12.1 Å². The van der Waals surface area contributed by atoms with Crippen molar-refractivity contribution < 1.29 is 19.1 Å². The second kappa shape index (κ2) is 11.1. The Balaban J connectivity index is 1.75. The van der Waals surface area contributed by atoms with Crippen molar-refractivity contribution in [3.05, 3.63) is 29.3 Å². The van der Waals surface area contributed by atoms with E-state index in [1.54, 1.807) is 11.0 Å². The largest absolute Gasteiger partial charge is 0.369 e. The smallest absolute Gasteiger partial charge is 0.249 e. The number of rotatable bonds is 9. The topological polar surface area (TPSA) is 96.2 Å². The van der Waals surface area contributed by atoms with Crippen LogP contribution in [-0.2, 0) is 14.3 Å². The molecule has 3 fully saturated rings. The monoisotopic (exact) mass is 512 g/mol. The molecule has 4 atom stereocenters. The van der Waals surface area contributed by atoms with Crippen LogP contribution in [0.25, 0.3) is 0 Å². The predicted molar refractivity (Wildman–Crippen MR) is 145 cm³/mol. The lowest BCUT2D eigenvalue weighted by molar-refractivity contribution is -0.140. The van der Waals surface area contributed by atoms with E-state index in [0.29, 0.717) is 17.7 Å². The highest BCUT2D eigenvalue weighted by molar-refractivity contribution is 5.99. The maximum absolute atomic E-state index is 14.5.